The van der Waals surface area contributed by atoms with Crippen molar-refractivity contribution in [3.05, 3.63) is 53.3 Å². The van der Waals surface area contributed by atoms with E-state index in [1.54, 1.807) is 44.2 Å². The van der Waals surface area contributed by atoms with Gasteiger partial charge in [0.15, 0.2) is 6.10 Å². The smallest absolute Gasteiger partial charge is 0.308 e. The van der Waals surface area contributed by atoms with Crippen LogP contribution in [0.3, 0.4) is 0 Å². The van der Waals surface area contributed by atoms with Gasteiger partial charge in [0.25, 0.3) is 5.91 Å². The number of hydrogen-bond acceptors (Lipinski definition) is 8. The van der Waals surface area contributed by atoms with Gasteiger partial charge in [-0.25, -0.2) is 0 Å². The molecule has 3 unspecified atom stereocenters. The Morgan fingerprint density at radius 2 is 1.66 bits per heavy atom. The van der Waals surface area contributed by atoms with Gasteiger partial charge in [0, 0.05) is 26.3 Å². The van der Waals surface area contributed by atoms with Crippen LogP contribution in [-0.4, -0.2) is 48.7 Å². The second-order valence-corrected chi connectivity index (χ2v) is 7.30. The highest BCUT2D eigenvalue weighted by atomic mass is 16.6. The quantitative estimate of drug-likeness (QED) is 0.478. The lowest BCUT2D eigenvalue weighted by Crippen LogP contribution is -2.54. The predicted octanol–water partition coefficient (Wildman–Crippen LogP) is 2.29. The molecule has 32 heavy (non-hydrogen) atoms. The molecule has 1 N–H and O–H groups in total. The molecule has 0 saturated heterocycles. The maximum absolute atomic E-state index is 13.1. The third-order valence-corrected chi connectivity index (χ3v) is 4.51. The van der Waals surface area contributed by atoms with E-state index in [-0.39, 0.29) is 6.61 Å². The first-order valence-electron chi connectivity index (χ1n) is 9.98. The van der Waals surface area contributed by atoms with Gasteiger partial charge >= 0.3 is 17.9 Å². The van der Waals surface area contributed by atoms with Crippen LogP contribution < -0.4 is 10.1 Å². The summed E-state index contributed by atoms with van der Waals surface area (Å²) in [5, 5.41) is 2.82. The van der Waals surface area contributed by atoms with Crippen molar-refractivity contribution in [3.63, 3.8) is 0 Å². The molecule has 0 spiro atoms. The van der Waals surface area contributed by atoms with Crippen molar-refractivity contribution in [2.45, 2.75) is 52.9 Å². The van der Waals surface area contributed by atoms with E-state index in [2.05, 4.69) is 5.32 Å². The summed E-state index contributed by atoms with van der Waals surface area (Å²) in [5.74, 6) is -1.70. The Labute approximate surface area is 186 Å². The minimum absolute atomic E-state index is 0.263. The molecule has 0 radical (unpaired) electrons. The number of aryl methyl sites for hydroxylation is 2. The second-order valence-electron chi connectivity index (χ2n) is 7.30. The molecule has 3 atom stereocenters. The molecule has 1 aromatic rings. The fourth-order valence-electron chi connectivity index (χ4n) is 3.24. The van der Waals surface area contributed by atoms with Crippen molar-refractivity contribution in [2.75, 3.05) is 6.61 Å². The zero-order valence-corrected chi connectivity index (χ0v) is 18.7. The molecule has 0 aliphatic carbocycles. The number of amides is 1. The van der Waals surface area contributed by atoms with E-state index in [0.717, 1.165) is 0 Å². The normalized spacial score (nSPS) is 16.3. The van der Waals surface area contributed by atoms with E-state index < -0.39 is 42.1 Å². The fourth-order valence-corrected chi connectivity index (χ4v) is 3.24. The van der Waals surface area contributed by atoms with Gasteiger partial charge in [0.1, 0.15) is 24.5 Å². The lowest BCUT2D eigenvalue weighted by molar-refractivity contribution is -0.159. The topological polar surface area (TPSA) is 117 Å². The maximum Gasteiger partial charge on any atom is 0.308 e. The van der Waals surface area contributed by atoms with Crippen LogP contribution in [0.25, 0.3) is 0 Å². The van der Waals surface area contributed by atoms with Crippen LogP contribution in [0.15, 0.2) is 36.6 Å². The minimum atomic E-state index is -0.996. The molecule has 1 aromatic carbocycles. The van der Waals surface area contributed by atoms with Crippen LogP contribution in [-0.2, 0) is 28.6 Å². The standard InChI is InChI=1S/C23H27NO8/c1-13-10-18(11-14(2)22(13)32-17(5)27)23(28)24-21(19-8-6-7-9-29-19)20(31-16(4)26)12-30-15(3)25/h6-11,19-21H,12H2,1-5H3,(H,24,28). The minimum Gasteiger partial charge on any atom is -0.492 e. The highest BCUT2D eigenvalue weighted by Crippen LogP contribution is 2.25. The summed E-state index contributed by atoms with van der Waals surface area (Å²) in [6, 6.07) is 2.31. The average Bonchev–Trinajstić information content (AvgIpc) is 2.72. The SMILES string of the molecule is CC(=O)OCC(OC(C)=O)C(NC(=O)c1cc(C)c(OC(C)=O)c(C)c1)C1C=CC=CO1. The Morgan fingerprint density at radius 1 is 1.00 bits per heavy atom. The summed E-state index contributed by atoms with van der Waals surface area (Å²) >= 11 is 0. The van der Waals surface area contributed by atoms with Crippen LogP contribution in [0.2, 0.25) is 0 Å². The number of ether oxygens (including phenoxy) is 4. The zero-order chi connectivity index (χ0) is 23.8. The van der Waals surface area contributed by atoms with Gasteiger partial charge in [-0.15, -0.1) is 0 Å². The van der Waals surface area contributed by atoms with Gasteiger partial charge in [-0.1, -0.05) is 6.08 Å². The fraction of sp³-hybridized carbons (Fsp3) is 0.391. The van der Waals surface area contributed by atoms with Crippen molar-refractivity contribution in [3.8, 4) is 5.75 Å². The van der Waals surface area contributed by atoms with Crippen molar-refractivity contribution in [2.24, 2.45) is 0 Å². The van der Waals surface area contributed by atoms with Gasteiger partial charge in [0.2, 0.25) is 0 Å². The summed E-state index contributed by atoms with van der Waals surface area (Å²) < 4.78 is 21.2. The van der Waals surface area contributed by atoms with E-state index in [4.69, 9.17) is 18.9 Å². The van der Waals surface area contributed by atoms with Crippen molar-refractivity contribution in [1.82, 2.24) is 5.32 Å². The molecular formula is C23H27NO8. The molecular weight excluding hydrogens is 418 g/mol. The van der Waals surface area contributed by atoms with Gasteiger partial charge in [-0.05, 0) is 49.3 Å². The Hall–Kier alpha value is -3.62. The van der Waals surface area contributed by atoms with Gasteiger partial charge in [-0.3, -0.25) is 19.2 Å². The van der Waals surface area contributed by atoms with Gasteiger partial charge in [0.05, 0.1) is 6.26 Å². The lowest BCUT2D eigenvalue weighted by Gasteiger charge is -2.32. The summed E-state index contributed by atoms with van der Waals surface area (Å²) in [7, 11) is 0. The number of rotatable bonds is 8. The Balaban J connectivity index is 2.33. The predicted molar refractivity (Wildman–Crippen MR) is 114 cm³/mol. The summed E-state index contributed by atoms with van der Waals surface area (Å²) in [5.41, 5.74) is 1.52. The van der Waals surface area contributed by atoms with E-state index in [1.807, 2.05) is 0 Å². The molecule has 0 fully saturated rings. The number of carbonyl (C=O) groups is 4. The highest BCUT2D eigenvalue weighted by molar-refractivity contribution is 5.95. The molecule has 0 saturated carbocycles. The maximum atomic E-state index is 13.1. The van der Waals surface area contributed by atoms with Crippen LogP contribution in [0.5, 0.6) is 5.75 Å². The molecule has 1 aliphatic heterocycles. The Bertz CT molecular complexity index is 926. The number of allylic oxidation sites excluding steroid dienone is 2. The molecule has 1 heterocycles. The number of benzene rings is 1. The van der Waals surface area contributed by atoms with Crippen LogP contribution >= 0.6 is 0 Å². The van der Waals surface area contributed by atoms with Crippen molar-refractivity contribution in [1.29, 1.82) is 0 Å². The molecule has 2 rings (SSSR count). The number of esters is 3. The second kappa shape index (κ2) is 11.1. The largest absolute Gasteiger partial charge is 0.492 e. The van der Waals surface area contributed by atoms with Crippen LogP contribution in [0, 0.1) is 13.8 Å². The molecule has 1 aliphatic rings. The molecule has 0 bridgehead atoms. The molecule has 9 heteroatoms. The Kier molecular flexibility index (Phi) is 8.57. The first-order valence-corrected chi connectivity index (χ1v) is 9.98. The van der Waals surface area contributed by atoms with Crippen LogP contribution in [0.1, 0.15) is 42.3 Å². The molecule has 172 valence electrons. The molecule has 9 nitrogen and oxygen atoms in total. The van der Waals surface area contributed by atoms with Crippen molar-refractivity contribution < 1.29 is 38.1 Å². The van der Waals surface area contributed by atoms with Crippen molar-refractivity contribution >= 4 is 23.8 Å². The number of nitrogens with one attached hydrogen (secondary N) is 1. The molecule has 1 amide bonds. The van der Waals surface area contributed by atoms with E-state index in [0.29, 0.717) is 22.4 Å². The van der Waals surface area contributed by atoms with Gasteiger partial charge in [-0.2, -0.15) is 0 Å². The number of carbonyl (C=O) groups excluding carboxylic acids is 4. The first kappa shape index (κ1) is 24.6. The highest BCUT2D eigenvalue weighted by Gasteiger charge is 2.35. The molecule has 0 aromatic heterocycles. The van der Waals surface area contributed by atoms with Crippen LogP contribution in [0.4, 0.5) is 0 Å². The van der Waals surface area contributed by atoms with E-state index in [1.165, 1.54) is 27.0 Å². The Morgan fingerprint density at radius 3 is 2.16 bits per heavy atom. The zero-order valence-electron chi connectivity index (χ0n) is 18.7. The summed E-state index contributed by atoms with van der Waals surface area (Å²) in [4.78, 5) is 47.4. The van der Waals surface area contributed by atoms with E-state index >= 15 is 0 Å². The summed E-state index contributed by atoms with van der Waals surface area (Å²) in [6.45, 7) is 6.93. The van der Waals surface area contributed by atoms with E-state index in [9.17, 15) is 19.2 Å². The average molecular weight is 445 g/mol. The van der Waals surface area contributed by atoms with Gasteiger partial charge < -0.3 is 24.3 Å². The lowest BCUT2D eigenvalue weighted by atomic mass is 10.0. The number of hydrogen-bond donors (Lipinski definition) is 1. The first-order chi connectivity index (χ1) is 15.1. The monoisotopic (exact) mass is 445 g/mol. The third kappa shape index (κ3) is 6.97. The third-order valence-electron chi connectivity index (χ3n) is 4.51. The summed E-state index contributed by atoms with van der Waals surface area (Å²) in [6.07, 6.45) is 4.86.